The average Bonchev–Trinajstić information content (AvgIpc) is 3.26. The molecule has 2 aliphatic rings. The third-order valence-corrected chi connectivity index (χ3v) is 6.47. The summed E-state index contributed by atoms with van der Waals surface area (Å²) in [4.78, 5) is 48.6. The van der Waals surface area contributed by atoms with E-state index in [4.69, 9.17) is 9.47 Å². The van der Waals surface area contributed by atoms with E-state index in [0.29, 0.717) is 0 Å². The minimum Gasteiger partial charge on any atom is -0.452 e. The van der Waals surface area contributed by atoms with Gasteiger partial charge in [-0.25, -0.2) is 9.59 Å². The van der Waals surface area contributed by atoms with Crippen molar-refractivity contribution in [3.63, 3.8) is 0 Å². The molecule has 2 saturated carbocycles. The van der Waals surface area contributed by atoms with Crippen molar-refractivity contribution in [3.8, 4) is 0 Å². The number of benzene rings is 1. The summed E-state index contributed by atoms with van der Waals surface area (Å²) in [7, 11) is 0. The Morgan fingerprint density at radius 2 is 0.912 bits per heavy atom. The monoisotopic (exact) mass is 472 g/mol. The number of amides is 2. The first-order valence-electron chi connectivity index (χ1n) is 12.5. The molecule has 1 aromatic rings. The fraction of sp³-hybridized carbons (Fsp3) is 0.615. The van der Waals surface area contributed by atoms with Gasteiger partial charge in [0.05, 0.1) is 11.1 Å². The van der Waals surface area contributed by atoms with Crippen LogP contribution in [-0.2, 0) is 19.1 Å². The van der Waals surface area contributed by atoms with Gasteiger partial charge in [-0.15, -0.1) is 0 Å². The molecule has 0 unspecified atom stereocenters. The molecule has 2 aliphatic carbocycles. The highest BCUT2D eigenvalue weighted by atomic mass is 16.5. The fourth-order valence-electron chi connectivity index (χ4n) is 4.56. The van der Waals surface area contributed by atoms with Gasteiger partial charge in [-0.05, 0) is 49.9 Å². The molecular weight excluding hydrogens is 436 g/mol. The molecule has 186 valence electrons. The number of carbonyl (C=O) groups excluding carboxylic acids is 4. The Bertz CT molecular complexity index is 753. The molecule has 0 bridgehead atoms. The van der Waals surface area contributed by atoms with E-state index in [1.165, 1.54) is 49.9 Å². The van der Waals surface area contributed by atoms with Gasteiger partial charge in [0.1, 0.15) is 0 Å². The smallest absolute Gasteiger partial charge is 0.338 e. The van der Waals surface area contributed by atoms with E-state index in [0.717, 1.165) is 51.4 Å². The first-order valence-corrected chi connectivity index (χ1v) is 12.5. The number of esters is 2. The predicted octanol–water partition coefficient (Wildman–Crippen LogP) is 3.68. The van der Waals surface area contributed by atoms with Gasteiger partial charge < -0.3 is 20.1 Å². The highest BCUT2D eigenvalue weighted by Crippen LogP contribution is 2.18. The Morgan fingerprint density at radius 3 is 1.24 bits per heavy atom. The van der Waals surface area contributed by atoms with E-state index in [1.807, 2.05) is 0 Å². The second kappa shape index (κ2) is 13.7. The Labute approximate surface area is 201 Å². The zero-order valence-electron chi connectivity index (χ0n) is 19.8. The van der Waals surface area contributed by atoms with Crippen molar-refractivity contribution in [1.29, 1.82) is 0 Å². The van der Waals surface area contributed by atoms with E-state index in [9.17, 15) is 19.2 Å². The molecule has 3 rings (SSSR count). The molecule has 0 atom stereocenters. The molecule has 8 heteroatoms. The summed E-state index contributed by atoms with van der Waals surface area (Å²) < 4.78 is 10.2. The Morgan fingerprint density at radius 1 is 0.588 bits per heavy atom. The van der Waals surface area contributed by atoms with Gasteiger partial charge in [-0.3, -0.25) is 9.59 Å². The zero-order valence-corrected chi connectivity index (χ0v) is 19.8. The second-order valence-electron chi connectivity index (χ2n) is 9.24. The van der Waals surface area contributed by atoms with Crippen LogP contribution < -0.4 is 10.6 Å². The van der Waals surface area contributed by atoms with Crippen LogP contribution in [0.2, 0.25) is 0 Å². The van der Waals surface area contributed by atoms with Crippen molar-refractivity contribution in [2.75, 3.05) is 13.2 Å². The van der Waals surface area contributed by atoms with Crippen molar-refractivity contribution in [3.05, 3.63) is 35.4 Å². The summed E-state index contributed by atoms with van der Waals surface area (Å²) in [6.45, 7) is -0.676. The lowest BCUT2D eigenvalue weighted by molar-refractivity contribution is -0.125. The number of nitrogens with one attached hydrogen (secondary N) is 2. The van der Waals surface area contributed by atoms with Gasteiger partial charge in [0, 0.05) is 12.1 Å². The standard InChI is InChI=1S/C26H36N2O6/c29-23(27-21-9-5-1-2-6-10-21)17-33-25(31)19-13-15-20(16-14-19)26(32)34-18-24(30)28-22-11-7-3-4-8-12-22/h13-16,21-22H,1-12,17-18H2,(H,27,29)(H,28,30). The third kappa shape index (κ3) is 8.80. The molecule has 0 spiro atoms. The van der Waals surface area contributed by atoms with E-state index >= 15 is 0 Å². The molecule has 2 amide bonds. The summed E-state index contributed by atoms with van der Waals surface area (Å²) >= 11 is 0. The second-order valence-corrected chi connectivity index (χ2v) is 9.24. The number of hydrogen-bond acceptors (Lipinski definition) is 6. The molecule has 0 aromatic heterocycles. The van der Waals surface area contributed by atoms with Crippen LogP contribution in [0.15, 0.2) is 24.3 Å². The largest absolute Gasteiger partial charge is 0.452 e. The van der Waals surface area contributed by atoms with Crippen molar-refractivity contribution in [2.45, 2.75) is 89.1 Å². The van der Waals surface area contributed by atoms with Crippen LogP contribution in [0.25, 0.3) is 0 Å². The van der Waals surface area contributed by atoms with Crippen LogP contribution in [0.4, 0.5) is 0 Å². The van der Waals surface area contributed by atoms with E-state index in [2.05, 4.69) is 10.6 Å². The van der Waals surface area contributed by atoms with Gasteiger partial charge in [0.15, 0.2) is 13.2 Å². The third-order valence-electron chi connectivity index (χ3n) is 6.47. The summed E-state index contributed by atoms with van der Waals surface area (Å²) in [5, 5.41) is 5.86. The summed E-state index contributed by atoms with van der Waals surface area (Å²) in [5.41, 5.74) is 0.454. The highest BCUT2D eigenvalue weighted by molar-refractivity contribution is 5.95. The number of ether oxygens (including phenoxy) is 2. The molecular formula is C26H36N2O6. The molecule has 0 saturated heterocycles. The molecule has 0 heterocycles. The number of hydrogen-bond donors (Lipinski definition) is 2. The first kappa shape index (κ1) is 25.7. The molecule has 1 aromatic carbocycles. The van der Waals surface area contributed by atoms with Crippen molar-refractivity contribution in [1.82, 2.24) is 10.6 Å². The Kier molecular flexibility index (Phi) is 10.4. The quantitative estimate of drug-likeness (QED) is 0.441. The number of rotatable bonds is 8. The fourth-order valence-corrected chi connectivity index (χ4v) is 4.56. The summed E-state index contributed by atoms with van der Waals surface area (Å²) in [6, 6.07) is 6.05. The van der Waals surface area contributed by atoms with Crippen LogP contribution in [0.1, 0.15) is 97.8 Å². The van der Waals surface area contributed by atoms with Crippen LogP contribution in [0.5, 0.6) is 0 Å². The lowest BCUT2D eigenvalue weighted by atomic mass is 10.1. The summed E-state index contributed by atoms with van der Waals surface area (Å²) in [5.74, 6) is -1.89. The predicted molar refractivity (Wildman–Crippen MR) is 126 cm³/mol. The van der Waals surface area contributed by atoms with Crippen LogP contribution in [0.3, 0.4) is 0 Å². The van der Waals surface area contributed by atoms with E-state index in [1.54, 1.807) is 0 Å². The lowest BCUT2D eigenvalue weighted by Gasteiger charge is -2.16. The Hall–Kier alpha value is -2.90. The molecule has 2 N–H and O–H groups in total. The maximum Gasteiger partial charge on any atom is 0.338 e. The lowest BCUT2D eigenvalue weighted by Crippen LogP contribution is -2.37. The Balaban J connectivity index is 1.38. The van der Waals surface area contributed by atoms with Crippen molar-refractivity contribution < 1.29 is 28.7 Å². The average molecular weight is 473 g/mol. The minimum atomic E-state index is -0.640. The van der Waals surface area contributed by atoms with E-state index < -0.39 is 11.9 Å². The molecule has 0 aliphatic heterocycles. The molecule has 8 nitrogen and oxygen atoms in total. The summed E-state index contributed by atoms with van der Waals surface area (Å²) in [6.07, 6.45) is 13.0. The zero-order chi connectivity index (χ0) is 24.2. The van der Waals surface area contributed by atoms with E-state index in [-0.39, 0.29) is 48.2 Å². The highest BCUT2D eigenvalue weighted by Gasteiger charge is 2.18. The number of carbonyl (C=O) groups is 4. The van der Waals surface area contributed by atoms with Crippen molar-refractivity contribution >= 4 is 23.8 Å². The molecule has 0 radical (unpaired) electrons. The van der Waals surface area contributed by atoms with Crippen LogP contribution in [0, 0.1) is 0 Å². The maximum atomic E-state index is 12.2. The molecule has 34 heavy (non-hydrogen) atoms. The molecule has 2 fully saturated rings. The van der Waals surface area contributed by atoms with Gasteiger partial charge in [-0.2, -0.15) is 0 Å². The van der Waals surface area contributed by atoms with Gasteiger partial charge in [0.25, 0.3) is 11.8 Å². The SMILES string of the molecule is O=C(COC(=O)c1ccc(C(=O)OCC(=O)NC2CCCCCC2)cc1)NC1CCCCCC1. The van der Waals surface area contributed by atoms with Gasteiger partial charge in [0.2, 0.25) is 0 Å². The normalized spacial score (nSPS) is 17.6. The van der Waals surface area contributed by atoms with Crippen LogP contribution in [-0.4, -0.2) is 49.1 Å². The van der Waals surface area contributed by atoms with Gasteiger partial charge >= 0.3 is 11.9 Å². The van der Waals surface area contributed by atoms with Gasteiger partial charge in [-0.1, -0.05) is 51.4 Å². The topological polar surface area (TPSA) is 111 Å². The first-order chi connectivity index (χ1) is 16.5. The van der Waals surface area contributed by atoms with Crippen LogP contribution >= 0.6 is 0 Å². The maximum absolute atomic E-state index is 12.2. The minimum absolute atomic E-state index is 0.147. The van der Waals surface area contributed by atoms with Crippen molar-refractivity contribution in [2.24, 2.45) is 0 Å².